The number of rotatable bonds is 7. The Labute approximate surface area is 115 Å². The molecule has 0 aromatic carbocycles. The maximum atomic E-state index is 11.7. The SMILES string of the molecule is CC(C)CNC(=O)C(C)NCC(=O)NC1CCCC1. The molecule has 1 fully saturated rings. The van der Waals surface area contributed by atoms with Crippen molar-refractivity contribution in [2.24, 2.45) is 5.92 Å². The Bertz CT molecular complexity index is 299. The van der Waals surface area contributed by atoms with Crippen LogP contribution < -0.4 is 16.0 Å². The zero-order valence-corrected chi connectivity index (χ0v) is 12.3. The van der Waals surface area contributed by atoms with E-state index >= 15 is 0 Å². The van der Waals surface area contributed by atoms with Crippen LogP contribution in [0, 0.1) is 5.92 Å². The molecule has 0 bridgehead atoms. The highest BCUT2D eigenvalue weighted by Gasteiger charge is 2.18. The molecule has 0 aliphatic heterocycles. The zero-order valence-electron chi connectivity index (χ0n) is 12.3. The first-order valence-corrected chi connectivity index (χ1v) is 7.29. The molecule has 1 rings (SSSR count). The van der Waals surface area contributed by atoms with Gasteiger partial charge in [0.25, 0.3) is 0 Å². The average molecular weight is 269 g/mol. The Hall–Kier alpha value is -1.10. The van der Waals surface area contributed by atoms with E-state index < -0.39 is 0 Å². The zero-order chi connectivity index (χ0) is 14.3. The van der Waals surface area contributed by atoms with Crippen LogP contribution >= 0.6 is 0 Å². The Morgan fingerprint density at radius 3 is 2.37 bits per heavy atom. The van der Waals surface area contributed by atoms with Crippen molar-refractivity contribution in [1.29, 1.82) is 0 Å². The van der Waals surface area contributed by atoms with E-state index in [1.54, 1.807) is 6.92 Å². The van der Waals surface area contributed by atoms with Crippen molar-refractivity contribution in [3.63, 3.8) is 0 Å². The molecule has 3 N–H and O–H groups in total. The summed E-state index contributed by atoms with van der Waals surface area (Å²) in [5.41, 5.74) is 0. The van der Waals surface area contributed by atoms with E-state index in [1.165, 1.54) is 12.8 Å². The number of amides is 2. The second kappa shape index (κ2) is 8.15. The van der Waals surface area contributed by atoms with Crippen molar-refractivity contribution < 1.29 is 9.59 Å². The number of hydrogen-bond acceptors (Lipinski definition) is 3. The van der Waals surface area contributed by atoms with Crippen LogP contribution in [0.15, 0.2) is 0 Å². The Kier molecular flexibility index (Phi) is 6.84. The first-order valence-electron chi connectivity index (χ1n) is 7.29. The molecule has 19 heavy (non-hydrogen) atoms. The van der Waals surface area contributed by atoms with Crippen LogP contribution in [-0.2, 0) is 9.59 Å². The third kappa shape index (κ3) is 6.57. The minimum absolute atomic E-state index is 0.0181. The van der Waals surface area contributed by atoms with E-state index in [0.717, 1.165) is 12.8 Å². The van der Waals surface area contributed by atoms with Crippen molar-refractivity contribution in [2.75, 3.05) is 13.1 Å². The summed E-state index contributed by atoms with van der Waals surface area (Å²) in [6.45, 7) is 6.74. The van der Waals surface area contributed by atoms with Crippen LogP contribution in [-0.4, -0.2) is 37.0 Å². The molecule has 1 aliphatic carbocycles. The number of carbonyl (C=O) groups excluding carboxylic acids is 2. The molecule has 0 saturated heterocycles. The van der Waals surface area contributed by atoms with Crippen LogP contribution in [0.3, 0.4) is 0 Å². The number of nitrogens with one attached hydrogen (secondary N) is 3. The van der Waals surface area contributed by atoms with Gasteiger partial charge in [0.2, 0.25) is 11.8 Å². The highest BCUT2D eigenvalue weighted by Crippen LogP contribution is 2.17. The first-order chi connectivity index (χ1) is 8.99. The van der Waals surface area contributed by atoms with Gasteiger partial charge < -0.3 is 10.6 Å². The predicted octanol–water partition coefficient (Wildman–Crippen LogP) is 0.796. The first kappa shape index (κ1) is 16.0. The molecular formula is C14H27N3O2. The lowest BCUT2D eigenvalue weighted by Crippen LogP contribution is -2.47. The van der Waals surface area contributed by atoms with Crippen LogP contribution in [0.5, 0.6) is 0 Å². The molecule has 110 valence electrons. The standard InChI is InChI=1S/C14H27N3O2/c1-10(2)8-16-14(19)11(3)15-9-13(18)17-12-6-4-5-7-12/h10-12,15H,4-9H2,1-3H3,(H,16,19)(H,17,18). The number of carbonyl (C=O) groups is 2. The molecule has 0 aromatic heterocycles. The van der Waals surface area contributed by atoms with Gasteiger partial charge in [0.15, 0.2) is 0 Å². The lowest BCUT2D eigenvalue weighted by Gasteiger charge is -2.16. The molecule has 1 saturated carbocycles. The summed E-state index contributed by atoms with van der Waals surface area (Å²) < 4.78 is 0. The van der Waals surface area contributed by atoms with Gasteiger partial charge in [-0.2, -0.15) is 0 Å². The molecule has 0 heterocycles. The topological polar surface area (TPSA) is 70.2 Å². The smallest absolute Gasteiger partial charge is 0.236 e. The summed E-state index contributed by atoms with van der Waals surface area (Å²) in [6, 6.07) is -0.00699. The third-order valence-electron chi connectivity index (χ3n) is 3.37. The normalized spacial score (nSPS) is 17.5. The molecule has 0 radical (unpaired) electrons. The molecule has 0 spiro atoms. The predicted molar refractivity (Wildman–Crippen MR) is 75.7 cm³/mol. The van der Waals surface area contributed by atoms with Gasteiger partial charge in [-0.1, -0.05) is 26.7 Å². The molecule has 1 unspecified atom stereocenters. The molecule has 1 aliphatic rings. The Morgan fingerprint density at radius 2 is 1.79 bits per heavy atom. The fourth-order valence-electron chi connectivity index (χ4n) is 2.15. The molecule has 0 aromatic rings. The van der Waals surface area contributed by atoms with Crippen LogP contribution in [0.25, 0.3) is 0 Å². The van der Waals surface area contributed by atoms with E-state index in [9.17, 15) is 9.59 Å². The van der Waals surface area contributed by atoms with Crippen molar-refractivity contribution in [3.8, 4) is 0 Å². The van der Waals surface area contributed by atoms with Gasteiger partial charge in [0.1, 0.15) is 0 Å². The molecule has 2 amide bonds. The Morgan fingerprint density at radius 1 is 1.16 bits per heavy atom. The fraction of sp³-hybridized carbons (Fsp3) is 0.857. The minimum Gasteiger partial charge on any atom is -0.354 e. The van der Waals surface area contributed by atoms with Gasteiger partial charge in [-0.05, 0) is 25.7 Å². The third-order valence-corrected chi connectivity index (χ3v) is 3.37. The second-order valence-electron chi connectivity index (χ2n) is 5.79. The van der Waals surface area contributed by atoms with Crippen molar-refractivity contribution in [3.05, 3.63) is 0 Å². The molecular weight excluding hydrogens is 242 g/mol. The van der Waals surface area contributed by atoms with Crippen molar-refractivity contribution in [1.82, 2.24) is 16.0 Å². The molecule has 5 nitrogen and oxygen atoms in total. The monoisotopic (exact) mass is 269 g/mol. The van der Waals surface area contributed by atoms with Gasteiger partial charge in [-0.25, -0.2) is 0 Å². The van der Waals surface area contributed by atoms with Crippen molar-refractivity contribution >= 4 is 11.8 Å². The van der Waals surface area contributed by atoms with E-state index in [1.807, 2.05) is 13.8 Å². The van der Waals surface area contributed by atoms with Gasteiger partial charge in [0.05, 0.1) is 12.6 Å². The van der Waals surface area contributed by atoms with Crippen LogP contribution in [0.4, 0.5) is 0 Å². The largest absolute Gasteiger partial charge is 0.354 e. The van der Waals surface area contributed by atoms with E-state index in [4.69, 9.17) is 0 Å². The summed E-state index contributed by atoms with van der Waals surface area (Å²) in [4.78, 5) is 23.4. The van der Waals surface area contributed by atoms with Gasteiger partial charge in [-0.3, -0.25) is 14.9 Å². The van der Waals surface area contributed by atoms with Crippen LogP contribution in [0.1, 0.15) is 46.5 Å². The molecule has 1 atom stereocenters. The van der Waals surface area contributed by atoms with E-state index in [0.29, 0.717) is 18.5 Å². The van der Waals surface area contributed by atoms with Crippen LogP contribution in [0.2, 0.25) is 0 Å². The number of hydrogen-bond donors (Lipinski definition) is 3. The fourth-order valence-corrected chi connectivity index (χ4v) is 2.15. The summed E-state index contributed by atoms with van der Waals surface area (Å²) in [5, 5.41) is 8.79. The Balaban J connectivity index is 2.15. The minimum atomic E-state index is -0.340. The highest BCUT2D eigenvalue weighted by atomic mass is 16.2. The lowest BCUT2D eigenvalue weighted by atomic mass is 10.2. The summed E-state index contributed by atoms with van der Waals surface area (Å²) in [7, 11) is 0. The van der Waals surface area contributed by atoms with Gasteiger partial charge in [-0.15, -0.1) is 0 Å². The lowest BCUT2D eigenvalue weighted by molar-refractivity contribution is -0.123. The maximum absolute atomic E-state index is 11.7. The second-order valence-corrected chi connectivity index (χ2v) is 5.79. The van der Waals surface area contributed by atoms with Gasteiger partial charge >= 0.3 is 0 Å². The van der Waals surface area contributed by atoms with Gasteiger partial charge in [0, 0.05) is 12.6 Å². The van der Waals surface area contributed by atoms with E-state index in [2.05, 4.69) is 16.0 Å². The average Bonchev–Trinajstić information content (AvgIpc) is 2.85. The summed E-state index contributed by atoms with van der Waals surface area (Å²) in [5.74, 6) is 0.361. The highest BCUT2D eigenvalue weighted by molar-refractivity contribution is 5.83. The molecule has 5 heteroatoms. The summed E-state index contributed by atoms with van der Waals surface area (Å²) in [6.07, 6.45) is 4.56. The summed E-state index contributed by atoms with van der Waals surface area (Å²) >= 11 is 0. The quantitative estimate of drug-likeness (QED) is 0.640. The van der Waals surface area contributed by atoms with E-state index in [-0.39, 0.29) is 24.4 Å². The van der Waals surface area contributed by atoms with Crippen molar-refractivity contribution in [2.45, 2.75) is 58.5 Å². The maximum Gasteiger partial charge on any atom is 0.236 e.